The lowest BCUT2D eigenvalue weighted by Crippen LogP contribution is -2.39. The molecule has 21 heavy (non-hydrogen) atoms. The second kappa shape index (κ2) is 7.28. The molecule has 1 aromatic heterocycles. The first-order valence-electron chi connectivity index (χ1n) is 8.41. The molecule has 3 nitrogen and oxygen atoms in total. The average molecular weight is 356 g/mol. The highest BCUT2D eigenvalue weighted by Crippen LogP contribution is 2.52. The van der Waals surface area contributed by atoms with E-state index in [-0.39, 0.29) is 0 Å². The van der Waals surface area contributed by atoms with E-state index in [0.29, 0.717) is 11.5 Å². The van der Waals surface area contributed by atoms with Gasteiger partial charge in [0.25, 0.3) is 0 Å². The second-order valence-corrected chi connectivity index (χ2v) is 7.91. The maximum Gasteiger partial charge on any atom is 0.0698 e. The first-order valence-corrected chi connectivity index (χ1v) is 9.20. The highest BCUT2D eigenvalue weighted by Gasteiger charge is 2.43. The topological polar surface area (TPSA) is 29.9 Å². The molecule has 4 heteroatoms. The molecular formula is C17H30BrN3. The molecular weight excluding hydrogens is 326 g/mol. The fourth-order valence-electron chi connectivity index (χ4n) is 4.14. The van der Waals surface area contributed by atoms with Crippen LogP contribution in [0.25, 0.3) is 0 Å². The fraction of sp³-hybridized carbons (Fsp3) is 0.824. The molecule has 0 saturated heterocycles. The number of aromatic nitrogens is 2. The Balaban J connectivity index is 2.37. The Kier molecular flexibility index (Phi) is 5.89. The minimum Gasteiger partial charge on any atom is -0.308 e. The molecule has 2 rings (SSSR count). The monoisotopic (exact) mass is 355 g/mol. The standard InChI is InChI=1S/C17H30BrN3/c1-5-10-19-16(15-14(18)12-20-21(15)4)17(11-13(2)3)8-6-7-9-17/h12-13,16,19H,5-11H2,1-4H3. The maximum absolute atomic E-state index is 4.46. The van der Waals surface area contributed by atoms with Crippen molar-refractivity contribution in [3.63, 3.8) is 0 Å². The molecule has 0 bridgehead atoms. The Morgan fingerprint density at radius 1 is 1.38 bits per heavy atom. The Bertz CT molecular complexity index is 427. The number of rotatable bonds is 7. The van der Waals surface area contributed by atoms with E-state index < -0.39 is 0 Å². The molecule has 1 aliphatic rings. The van der Waals surface area contributed by atoms with Gasteiger partial charge in [-0.3, -0.25) is 4.68 Å². The third-order valence-corrected chi connectivity index (χ3v) is 5.45. The first-order chi connectivity index (χ1) is 10.00. The normalized spacial score (nSPS) is 19.3. The van der Waals surface area contributed by atoms with Crippen molar-refractivity contribution in [3.05, 3.63) is 16.4 Å². The van der Waals surface area contributed by atoms with E-state index in [1.165, 1.54) is 44.2 Å². The lowest BCUT2D eigenvalue weighted by Gasteiger charge is -2.40. The van der Waals surface area contributed by atoms with Gasteiger partial charge in [0, 0.05) is 7.05 Å². The zero-order valence-corrected chi connectivity index (χ0v) is 15.5. The van der Waals surface area contributed by atoms with Gasteiger partial charge in [0.2, 0.25) is 0 Å². The number of aryl methyl sites for hydroxylation is 1. The van der Waals surface area contributed by atoms with Crippen LogP contribution in [0.1, 0.15) is 71.0 Å². The van der Waals surface area contributed by atoms with Crippen molar-refractivity contribution in [1.82, 2.24) is 15.1 Å². The quantitative estimate of drug-likeness (QED) is 0.758. The van der Waals surface area contributed by atoms with Crippen LogP contribution >= 0.6 is 15.9 Å². The Hall–Kier alpha value is -0.350. The molecule has 0 spiro atoms. The van der Waals surface area contributed by atoms with Crippen LogP contribution in [0.5, 0.6) is 0 Å². The van der Waals surface area contributed by atoms with Crippen molar-refractivity contribution in [2.75, 3.05) is 6.54 Å². The van der Waals surface area contributed by atoms with E-state index in [2.05, 4.69) is 58.8 Å². The lowest BCUT2D eigenvalue weighted by molar-refractivity contribution is 0.149. The summed E-state index contributed by atoms with van der Waals surface area (Å²) in [6.45, 7) is 8.03. The van der Waals surface area contributed by atoms with Gasteiger partial charge in [-0.1, -0.05) is 33.6 Å². The highest BCUT2D eigenvalue weighted by atomic mass is 79.9. The number of nitrogens with one attached hydrogen (secondary N) is 1. The van der Waals surface area contributed by atoms with Gasteiger partial charge in [0.05, 0.1) is 22.4 Å². The summed E-state index contributed by atoms with van der Waals surface area (Å²) >= 11 is 3.72. The summed E-state index contributed by atoms with van der Waals surface area (Å²) in [4.78, 5) is 0. The molecule has 1 N–H and O–H groups in total. The zero-order valence-electron chi connectivity index (χ0n) is 14.0. The summed E-state index contributed by atoms with van der Waals surface area (Å²) < 4.78 is 3.20. The van der Waals surface area contributed by atoms with Gasteiger partial charge < -0.3 is 5.32 Å². The lowest BCUT2D eigenvalue weighted by atomic mass is 9.71. The van der Waals surface area contributed by atoms with E-state index in [4.69, 9.17) is 0 Å². The summed E-state index contributed by atoms with van der Waals surface area (Å²) in [5, 5.41) is 8.31. The highest BCUT2D eigenvalue weighted by molar-refractivity contribution is 9.10. The molecule has 1 atom stereocenters. The number of nitrogens with zero attached hydrogens (tertiary/aromatic N) is 2. The smallest absolute Gasteiger partial charge is 0.0698 e. The third-order valence-electron chi connectivity index (χ3n) is 4.84. The van der Waals surface area contributed by atoms with Gasteiger partial charge in [-0.15, -0.1) is 0 Å². The van der Waals surface area contributed by atoms with Crippen molar-refractivity contribution < 1.29 is 0 Å². The fourth-order valence-corrected chi connectivity index (χ4v) is 4.72. The van der Waals surface area contributed by atoms with Crippen LogP contribution in [-0.2, 0) is 7.05 Å². The van der Waals surface area contributed by atoms with E-state index >= 15 is 0 Å². The molecule has 1 unspecified atom stereocenters. The van der Waals surface area contributed by atoms with Crippen molar-refractivity contribution in [1.29, 1.82) is 0 Å². The van der Waals surface area contributed by atoms with Crippen LogP contribution < -0.4 is 5.32 Å². The molecule has 1 saturated carbocycles. The van der Waals surface area contributed by atoms with Crippen molar-refractivity contribution in [3.8, 4) is 0 Å². The van der Waals surface area contributed by atoms with E-state index in [9.17, 15) is 0 Å². The largest absolute Gasteiger partial charge is 0.308 e. The number of hydrogen-bond donors (Lipinski definition) is 1. The maximum atomic E-state index is 4.46. The minimum absolute atomic E-state index is 0.389. The van der Waals surface area contributed by atoms with E-state index in [1.807, 2.05) is 6.20 Å². The van der Waals surface area contributed by atoms with Gasteiger partial charge in [-0.25, -0.2) is 0 Å². The average Bonchev–Trinajstić information content (AvgIpc) is 3.00. The van der Waals surface area contributed by atoms with Gasteiger partial charge in [0.15, 0.2) is 0 Å². The molecule has 0 amide bonds. The molecule has 1 fully saturated rings. The number of hydrogen-bond acceptors (Lipinski definition) is 2. The van der Waals surface area contributed by atoms with Gasteiger partial charge in [-0.05, 0) is 59.5 Å². The number of halogens is 1. The van der Waals surface area contributed by atoms with E-state index in [1.54, 1.807) is 0 Å². The molecule has 120 valence electrons. The molecule has 1 heterocycles. The zero-order chi connectivity index (χ0) is 15.5. The molecule has 0 aromatic carbocycles. The third kappa shape index (κ3) is 3.70. The van der Waals surface area contributed by atoms with E-state index in [0.717, 1.165) is 16.9 Å². The summed E-state index contributed by atoms with van der Waals surface area (Å²) in [6.07, 6.45) is 9.82. The van der Waals surface area contributed by atoms with Crippen LogP contribution in [0.4, 0.5) is 0 Å². The summed E-state index contributed by atoms with van der Waals surface area (Å²) in [5.74, 6) is 0.737. The first kappa shape index (κ1) is 17.0. The molecule has 0 radical (unpaired) electrons. The Morgan fingerprint density at radius 2 is 2.05 bits per heavy atom. The summed E-state index contributed by atoms with van der Waals surface area (Å²) in [7, 11) is 2.07. The SMILES string of the molecule is CCCNC(c1c(Br)cnn1C)C1(CC(C)C)CCCC1. The Morgan fingerprint density at radius 3 is 2.52 bits per heavy atom. The Labute approximate surface area is 138 Å². The molecule has 1 aromatic rings. The van der Waals surface area contributed by atoms with Crippen LogP contribution in [0, 0.1) is 11.3 Å². The van der Waals surface area contributed by atoms with Crippen LogP contribution in [0.15, 0.2) is 10.7 Å². The predicted molar refractivity (Wildman–Crippen MR) is 92.3 cm³/mol. The van der Waals surface area contributed by atoms with Gasteiger partial charge >= 0.3 is 0 Å². The van der Waals surface area contributed by atoms with Gasteiger partial charge in [-0.2, -0.15) is 5.10 Å². The molecule has 0 aliphatic heterocycles. The van der Waals surface area contributed by atoms with Crippen molar-refractivity contribution >= 4 is 15.9 Å². The minimum atomic E-state index is 0.389. The van der Waals surface area contributed by atoms with Crippen LogP contribution in [0.3, 0.4) is 0 Å². The summed E-state index contributed by atoms with van der Waals surface area (Å²) in [6, 6.07) is 0.407. The second-order valence-electron chi connectivity index (χ2n) is 7.06. The van der Waals surface area contributed by atoms with Gasteiger partial charge in [0.1, 0.15) is 0 Å². The van der Waals surface area contributed by atoms with Crippen LogP contribution in [0.2, 0.25) is 0 Å². The summed E-state index contributed by atoms with van der Waals surface area (Å²) in [5.41, 5.74) is 1.71. The van der Waals surface area contributed by atoms with Crippen molar-refractivity contribution in [2.45, 2.75) is 65.3 Å². The predicted octanol–water partition coefficient (Wildman–Crippen LogP) is 4.83. The molecule has 1 aliphatic carbocycles. The van der Waals surface area contributed by atoms with Crippen LogP contribution in [-0.4, -0.2) is 16.3 Å². The van der Waals surface area contributed by atoms with Crippen molar-refractivity contribution in [2.24, 2.45) is 18.4 Å².